The van der Waals surface area contributed by atoms with Gasteiger partial charge in [0.1, 0.15) is 0 Å². The van der Waals surface area contributed by atoms with Crippen LogP contribution in [0.1, 0.15) is 6.42 Å². The molecule has 4 heteroatoms. The van der Waals surface area contributed by atoms with Crippen LogP contribution in [0.25, 0.3) is 0 Å². The lowest BCUT2D eigenvalue weighted by Gasteiger charge is -2.20. The van der Waals surface area contributed by atoms with Gasteiger partial charge >= 0.3 is 6.09 Å². The third-order valence-corrected chi connectivity index (χ3v) is 1.24. The zero-order valence-corrected chi connectivity index (χ0v) is 4.96. The van der Waals surface area contributed by atoms with E-state index in [1.165, 1.54) is 0 Å². The summed E-state index contributed by atoms with van der Waals surface area (Å²) in [6.45, 7) is 0.409. The molecule has 0 aromatic carbocycles. The summed E-state index contributed by atoms with van der Waals surface area (Å²) in [4.78, 5) is 10.4. The van der Waals surface area contributed by atoms with Crippen molar-refractivity contribution in [2.45, 2.75) is 12.5 Å². The van der Waals surface area contributed by atoms with Crippen LogP contribution in [0, 0.1) is 0 Å². The van der Waals surface area contributed by atoms with Crippen LogP contribution in [0.2, 0.25) is 0 Å². The van der Waals surface area contributed by atoms with Gasteiger partial charge in [0.05, 0.1) is 19.3 Å². The Kier molecular flexibility index (Phi) is 1.89. The van der Waals surface area contributed by atoms with Gasteiger partial charge in [0.15, 0.2) is 0 Å². The molecule has 1 saturated heterocycles. The summed E-state index contributed by atoms with van der Waals surface area (Å²) in [5, 5.41) is 11.0. The van der Waals surface area contributed by atoms with Crippen LogP contribution in [0.15, 0.2) is 0 Å². The Hall–Kier alpha value is -0.770. The molecule has 1 unspecified atom stereocenters. The van der Waals surface area contributed by atoms with E-state index in [-0.39, 0.29) is 12.6 Å². The minimum atomic E-state index is -0.430. The topological polar surface area (TPSA) is 58.6 Å². The van der Waals surface area contributed by atoms with Crippen molar-refractivity contribution >= 4 is 6.09 Å². The smallest absolute Gasteiger partial charge is 0.407 e. The molecule has 0 aromatic heterocycles. The number of aliphatic hydroxyl groups excluding tert-OH is 1. The standard InChI is InChI=1S/C5H9NO3/c7-3-4-1-2-9-5(8)6-4/h4,7H,1-3H2,(H,6,8). The van der Waals surface area contributed by atoms with E-state index in [0.717, 1.165) is 0 Å². The van der Waals surface area contributed by atoms with Gasteiger partial charge in [-0.1, -0.05) is 0 Å². The molecule has 1 aliphatic rings. The number of hydrogen-bond acceptors (Lipinski definition) is 3. The minimum Gasteiger partial charge on any atom is -0.449 e. The predicted molar refractivity (Wildman–Crippen MR) is 30.0 cm³/mol. The average molecular weight is 131 g/mol. The van der Waals surface area contributed by atoms with E-state index in [9.17, 15) is 4.79 Å². The number of amides is 1. The van der Waals surface area contributed by atoms with Gasteiger partial charge in [-0.25, -0.2) is 4.79 Å². The Morgan fingerprint density at radius 3 is 3.11 bits per heavy atom. The number of nitrogens with one attached hydrogen (secondary N) is 1. The molecule has 1 atom stereocenters. The first kappa shape index (κ1) is 6.35. The summed E-state index contributed by atoms with van der Waals surface area (Å²) in [5.41, 5.74) is 0. The highest BCUT2D eigenvalue weighted by Gasteiger charge is 2.17. The minimum absolute atomic E-state index is 0.00486. The Bertz CT molecular complexity index is 115. The molecule has 0 aromatic rings. The zero-order chi connectivity index (χ0) is 6.69. The first-order valence-corrected chi connectivity index (χ1v) is 2.87. The van der Waals surface area contributed by atoms with Gasteiger partial charge in [-0.3, -0.25) is 0 Å². The maximum absolute atomic E-state index is 10.4. The summed E-state index contributed by atoms with van der Waals surface area (Å²) in [7, 11) is 0. The monoisotopic (exact) mass is 131 g/mol. The van der Waals surface area contributed by atoms with Crippen molar-refractivity contribution in [1.29, 1.82) is 0 Å². The number of carbonyl (C=O) groups is 1. The number of aliphatic hydroxyl groups is 1. The normalized spacial score (nSPS) is 26.8. The van der Waals surface area contributed by atoms with Crippen LogP contribution in [0.4, 0.5) is 4.79 Å². The fraction of sp³-hybridized carbons (Fsp3) is 0.800. The number of hydrogen-bond donors (Lipinski definition) is 2. The van der Waals surface area contributed by atoms with Crippen LogP contribution < -0.4 is 5.32 Å². The van der Waals surface area contributed by atoms with Crippen molar-refractivity contribution in [3.63, 3.8) is 0 Å². The molecule has 2 N–H and O–H groups in total. The molecule has 0 spiro atoms. The maximum atomic E-state index is 10.4. The molecule has 9 heavy (non-hydrogen) atoms. The van der Waals surface area contributed by atoms with Gasteiger partial charge in [-0.05, 0) is 0 Å². The van der Waals surface area contributed by atoms with Crippen molar-refractivity contribution in [1.82, 2.24) is 5.32 Å². The molecule has 0 saturated carbocycles. The summed E-state index contributed by atoms with van der Waals surface area (Å²) in [6.07, 6.45) is 0.266. The van der Waals surface area contributed by atoms with Crippen molar-refractivity contribution in [2.24, 2.45) is 0 Å². The third kappa shape index (κ3) is 1.57. The molecule has 1 heterocycles. The Morgan fingerprint density at radius 1 is 1.89 bits per heavy atom. The average Bonchev–Trinajstić information content (AvgIpc) is 1.88. The van der Waals surface area contributed by atoms with E-state index in [4.69, 9.17) is 5.11 Å². The van der Waals surface area contributed by atoms with E-state index in [1.54, 1.807) is 0 Å². The fourth-order valence-electron chi connectivity index (χ4n) is 0.711. The molecule has 1 aliphatic heterocycles. The second-order valence-electron chi connectivity index (χ2n) is 1.95. The quantitative estimate of drug-likeness (QED) is 0.503. The number of alkyl carbamates (subject to hydrolysis) is 1. The first-order valence-electron chi connectivity index (χ1n) is 2.87. The molecular weight excluding hydrogens is 122 g/mol. The second kappa shape index (κ2) is 2.68. The van der Waals surface area contributed by atoms with Crippen LogP contribution in [-0.4, -0.2) is 30.5 Å². The second-order valence-corrected chi connectivity index (χ2v) is 1.95. The van der Waals surface area contributed by atoms with Gasteiger partial charge in [-0.2, -0.15) is 0 Å². The van der Waals surface area contributed by atoms with Gasteiger partial charge in [0.2, 0.25) is 0 Å². The lowest BCUT2D eigenvalue weighted by Crippen LogP contribution is -2.43. The molecule has 0 aliphatic carbocycles. The molecule has 52 valence electrons. The fourth-order valence-corrected chi connectivity index (χ4v) is 0.711. The van der Waals surface area contributed by atoms with Crippen LogP contribution in [0.5, 0.6) is 0 Å². The molecule has 0 radical (unpaired) electrons. The predicted octanol–water partition coefficient (Wildman–Crippen LogP) is -0.523. The van der Waals surface area contributed by atoms with Crippen molar-refractivity contribution in [3.8, 4) is 0 Å². The number of carbonyl (C=O) groups excluding carboxylic acids is 1. The zero-order valence-electron chi connectivity index (χ0n) is 4.96. The Labute approximate surface area is 52.8 Å². The highest BCUT2D eigenvalue weighted by Crippen LogP contribution is 1.98. The highest BCUT2D eigenvalue weighted by molar-refractivity contribution is 5.68. The summed E-state index contributed by atoms with van der Waals surface area (Å²) >= 11 is 0. The first-order chi connectivity index (χ1) is 4.33. The molecule has 1 amide bonds. The highest BCUT2D eigenvalue weighted by atomic mass is 16.6. The Morgan fingerprint density at radius 2 is 2.67 bits per heavy atom. The summed E-state index contributed by atoms with van der Waals surface area (Å²) < 4.78 is 4.55. The van der Waals surface area contributed by atoms with Crippen molar-refractivity contribution in [2.75, 3.05) is 13.2 Å². The van der Waals surface area contributed by atoms with Crippen LogP contribution in [0.3, 0.4) is 0 Å². The largest absolute Gasteiger partial charge is 0.449 e. The molecule has 0 bridgehead atoms. The van der Waals surface area contributed by atoms with E-state index >= 15 is 0 Å². The lowest BCUT2D eigenvalue weighted by molar-refractivity contribution is 0.1000. The van der Waals surface area contributed by atoms with Gasteiger partial charge in [0, 0.05) is 6.42 Å². The van der Waals surface area contributed by atoms with Gasteiger partial charge in [-0.15, -0.1) is 0 Å². The molecule has 1 rings (SSSR count). The number of ether oxygens (including phenoxy) is 1. The van der Waals surface area contributed by atoms with Crippen molar-refractivity contribution in [3.05, 3.63) is 0 Å². The van der Waals surface area contributed by atoms with Gasteiger partial charge < -0.3 is 15.2 Å². The summed E-state index contributed by atoms with van der Waals surface area (Å²) in [6, 6.07) is -0.105. The SMILES string of the molecule is O=C1NC(CO)CCO1. The van der Waals surface area contributed by atoms with Crippen LogP contribution >= 0.6 is 0 Å². The van der Waals surface area contributed by atoms with E-state index in [0.29, 0.717) is 13.0 Å². The van der Waals surface area contributed by atoms with E-state index < -0.39 is 6.09 Å². The number of cyclic esters (lactones) is 1. The van der Waals surface area contributed by atoms with Crippen molar-refractivity contribution < 1.29 is 14.6 Å². The molecule has 1 fully saturated rings. The molecule has 4 nitrogen and oxygen atoms in total. The van der Waals surface area contributed by atoms with Crippen LogP contribution in [-0.2, 0) is 4.74 Å². The maximum Gasteiger partial charge on any atom is 0.407 e. The lowest BCUT2D eigenvalue weighted by atomic mass is 10.2. The number of rotatable bonds is 1. The van der Waals surface area contributed by atoms with E-state index in [2.05, 4.69) is 10.1 Å². The van der Waals surface area contributed by atoms with Gasteiger partial charge in [0.25, 0.3) is 0 Å². The summed E-state index contributed by atoms with van der Waals surface area (Å²) in [5.74, 6) is 0. The van der Waals surface area contributed by atoms with E-state index in [1.807, 2.05) is 0 Å². The Balaban J connectivity index is 2.32. The molecular formula is C5H9NO3. The third-order valence-electron chi connectivity index (χ3n) is 1.24.